The summed E-state index contributed by atoms with van der Waals surface area (Å²) < 4.78 is 5.51. The fraction of sp³-hybridized carbons (Fsp3) is 0.500. The van der Waals surface area contributed by atoms with Crippen molar-refractivity contribution in [1.82, 2.24) is 9.88 Å². The third-order valence-corrected chi connectivity index (χ3v) is 6.27. The average molecular weight is 372 g/mol. The van der Waals surface area contributed by atoms with Crippen molar-refractivity contribution < 1.29 is 9.53 Å². The van der Waals surface area contributed by atoms with Gasteiger partial charge in [0.1, 0.15) is 0 Å². The van der Waals surface area contributed by atoms with Crippen LogP contribution >= 0.6 is 11.3 Å². The standard InChI is InChI=1S/C20H25N3O2S/c24-19(22-8-3-1-2-4-9-22)18-14-17(16-6-5-7-21-15-16)20(26-18)23-10-12-25-13-11-23/h5-7,14-15H,1-4,8-13H2. The number of carbonyl (C=O) groups is 1. The number of morpholine rings is 1. The second-order valence-corrected chi connectivity index (χ2v) is 7.91. The average Bonchev–Trinajstić information content (AvgIpc) is 2.97. The zero-order chi connectivity index (χ0) is 17.8. The number of likely N-dealkylation sites (tertiary alicyclic amines) is 1. The van der Waals surface area contributed by atoms with Crippen molar-refractivity contribution in [2.45, 2.75) is 25.7 Å². The molecule has 0 spiro atoms. The van der Waals surface area contributed by atoms with Gasteiger partial charge in [0.25, 0.3) is 5.91 Å². The van der Waals surface area contributed by atoms with E-state index < -0.39 is 0 Å². The van der Waals surface area contributed by atoms with E-state index in [2.05, 4.69) is 22.0 Å². The number of nitrogens with zero attached hydrogens (tertiary/aromatic N) is 3. The number of carbonyl (C=O) groups excluding carboxylic acids is 1. The van der Waals surface area contributed by atoms with Crippen LogP contribution in [0.2, 0.25) is 0 Å². The summed E-state index contributed by atoms with van der Waals surface area (Å²) in [6.45, 7) is 4.97. The number of aromatic nitrogens is 1. The van der Waals surface area contributed by atoms with Gasteiger partial charge >= 0.3 is 0 Å². The summed E-state index contributed by atoms with van der Waals surface area (Å²) in [7, 11) is 0. The smallest absolute Gasteiger partial charge is 0.264 e. The molecule has 0 bridgehead atoms. The Morgan fingerprint density at radius 1 is 1.08 bits per heavy atom. The highest BCUT2D eigenvalue weighted by Crippen LogP contribution is 2.39. The lowest BCUT2D eigenvalue weighted by molar-refractivity contribution is 0.0766. The van der Waals surface area contributed by atoms with Crippen molar-refractivity contribution in [3.05, 3.63) is 35.5 Å². The lowest BCUT2D eigenvalue weighted by Crippen LogP contribution is -2.36. The molecular formula is C20H25N3O2S. The van der Waals surface area contributed by atoms with Crippen LogP contribution in [0.4, 0.5) is 5.00 Å². The molecule has 138 valence electrons. The molecule has 0 atom stereocenters. The van der Waals surface area contributed by atoms with Gasteiger partial charge in [-0.25, -0.2) is 0 Å². The highest BCUT2D eigenvalue weighted by atomic mass is 32.1. The first kappa shape index (κ1) is 17.5. The van der Waals surface area contributed by atoms with E-state index >= 15 is 0 Å². The molecule has 4 rings (SSSR count). The van der Waals surface area contributed by atoms with E-state index in [1.807, 2.05) is 17.2 Å². The van der Waals surface area contributed by atoms with Crippen molar-refractivity contribution in [3.8, 4) is 11.1 Å². The van der Waals surface area contributed by atoms with Crippen molar-refractivity contribution >= 4 is 22.2 Å². The number of ether oxygens (including phenoxy) is 1. The maximum atomic E-state index is 13.1. The molecule has 0 aromatic carbocycles. The fourth-order valence-electron chi connectivity index (χ4n) is 3.65. The van der Waals surface area contributed by atoms with Crippen LogP contribution in [0.25, 0.3) is 11.1 Å². The molecule has 6 heteroatoms. The SMILES string of the molecule is O=C(c1cc(-c2cccnc2)c(N2CCOCC2)s1)N1CCCCCC1. The molecule has 2 fully saturated rings. The molecule has 2 aromatic heterocycles. The zero-order valence-electron chi connectivity index (χ0n) is 15.0. The van der Waals surface area contributed by atoms with E-state index in [1.165, 1.54) is 17.8 Å². The molecule has 26 heavy (non-hydrogen) atoms. The molecule has 0 saturated carbocycles. The molecule has 4 heterocycles. The molecule has 2 aromatic rings. The lowest BCUT2D eigenvalue weighted by atomic mass is 10.1. The Balaban J connectivity index is 1.67. The van der Waals surface area contributed by atoms with Gasteiger partial charge in [-0.05, 0) is 25.0 Å². The van der Waals surface area contributed by atoms with E-state index in [0.717, 1.165) is 68.2 Å². The summed E-state index contributed by atoms with van der Waals surface area (Å²) in [6, 6.07) is 6.09. The van der Waals surface area contributed by atoms with Crippen LogP contribution in [0.15, 0.2) is 30.6 Å². The minimum atomic E-state index is 0.182. The Bertz CT molecular complexity index is 733. The van der Waals surface area contributed by atoms with Gasteiger partial charge in [-0.1, -0.05) is 18.9 Å². The second-order valence-electron chi connectivity index (χ2n) is 6.88. The van der Waals surface area contributed by atoms with Crippen molar-refractivity contribution in [3.63, 3.8) is 0 Å². The fourth-order valence-corrected chi connectivity index (χ4v) is 4.85. The van der Waals surface area contributed by atoms with Crippen LogP contribution in [-0.4, -0.2) is 55.2 Å². The lowest BCUT2D eigenvalue weighted by Gasteiger charge is -2.28. The molecule has 1 amide bonds. The van der Waals surface area contributed by atoms with Crippen LogP contribution in [0, 0.1) is 0 Å². The third-order valence-electron chi connectivity index (χ3n) is 5.09. The van der Waals surface area contributed by atoms with Crippen molar-refractivity contribution in [2.75, 3.05) is 44.3 Å². The third kappa shape index (κ3) is 3.76. The molecule has 0 N–H and O–H groups in total. The quantitative estimate of drug-likeness (QED) is 0.826. The van der Waals surface area contributed by atoms with E-state index in [1.54, 1.807) is 17.5 Å². The summed E-state index contributed by atoms with van der Waals surface area (Å²) in [4.78, 5) is 22.6. The predicted molar refractivity (Wildman–Crippen MR) is 105 cm³/mol. The number of amides is 1. The van der Waals surface area contributed by atoms with Crippen LogP contribution < -0.4 is 4.90 Å². The first-order valence-corrected chi connectivity index (χ1v) is 10.3. The summed E-state index contributed by atoms with van der Waals surface area (Å²) in [5.41, 5.74) is 2.18. The Morgan fingerprint density at radius 3 is 2.54 bits per heavy atom. The van der Waals surface area contributed by atoms with Crippen molar-refractivity contribution in [2.24, 2.45) is 0 Å². The van der Waals surface area contributed by atoms with E-state index in [0.29, 0.717) is 0 Å². The highest BCUT2D eigenvalue weighted by molar-refractivity contribution is 7.18. The zero-order valence-corrected chi connectivity index (χ0v) is 15.8. The molecule has 2 aliphatic heterocycles. The normalized spacial score (nSPS) is 18.6. The molecule has 2 saturated heterocycles. The van der Waals surface area contributed by atoms with Crippen LogP contribution in [0.3, 0.4) is 0 Å². The van der Waals surface area contributed by atoms with E-state index in [-0.39, 0.29) is 5.91 Å². The van der Waals surface area contributed by atoms with Crippen molar-refractivity contribution in [1.29, 1.82) is 0 Å². The summed E-state index contributed by atoms with van der Waals surface area (Å²) in [6.07, 6.45) is 8.36. The van der Waals surface area contributed by atoms with Gasteiger partial charge in [0.15, 0.2) is 0 Å². The molecule has 0 aliphatic carbocycles. The molecular weight excluding hydrogens is 346 g/mol. The summed E-state index contributed by atoms with van der Waals surface area (Å²) >= 11 is 1.62. The first-order chi connectivity index (χ1) is 12.8. The number of anilines is 1. The Labute approximate surface area is 158 Å². The van der Waals surface area contributed by atoms with Crippen LogP contribution in [0.5, 0.6) is 0 Å². The number of hydrogen-bond donors (Lipinski definition) is 0. The summed E-state index contributed by atoms with van der Waals surface area (Å²) in [5, 5.41) is 1.17. The minimum absolute atomic E-state index is 0.182. The Morgan fingerprint density at radius 2 is 1.85 bits per heavy atom. The maximum absolute atomic E-state index is 13.1. The van der Waals surface area contributed by atoms with Gasteiger partial charge in [0.05, 0.1) is 23.1 Å². The number of thiophene rings is 1. The number of pyridine rings is 1. The van der Waals surface area contributed by atoms with Gasteiger partial charge in [-0.2, -0.15) is 0 Å². The Kier molecular flexibility index (Phi) is 5.51. The highest BCUT2D eigenvalue weighted by Gasteiger charge is 2.25. The van der Waals surface area contributed by atoms with Gasteiger partial charge in [-0.15, -0.1) is 11.3 Å². The molecule has 0 unspecified atom stereocenters. The van der Waals surface area contributed by atoms with Gasteiger partial charge in [0, 0.05) is 49.7 Å². The first-order valence-electron chi connectivity index (χ1n) is 9.49. The Hall–Kier alpha value is -1.92. The second kappa shape index (κ2) is 8.18. The van der Waals surface area contributed by atoms with Gasteiger partial charge < -0.3 is 14.5 Å². The van der Waals surface area contributed by atoms with Gasteiger partial charge in [-0.3, -0.25) is 9.78 Å². The number of hydrogen-bond acceptors (Lipinski definition) is 5. The monoisotopic (exact) mass is 371 g/mol. The van der Waals surface area contributed by atoms with Crippen LogP contribution in [-0.2, 0) is 4.74 Å². The minimum Gasteiger partial charge on any atom is -0.378 e. The molecule has 5 nitrogen and oxygen atoms in total. The molecule has 0 radical (unpaired) electrons. The molecule has 2 aliphatic rings. The van der Waals surface area contributed by atoms with Crippen LogP contribution in [0.1, 0.15) is 35.4 Å². The van der Waals surface area contributed by atoms with Gasteiger partial charge in [0.2, 0.25) is 0 Å². The maximum Gasteiger partial charge on any atom is 0.264 e. The van der Waals surface area contributed by atoms with E-state index in [4.69, 9.17) is 4.74 Å². The largest absolute Gasteiger partial charge is 0.378 e. The number of rotatable bonds is 3. The topological polar surface area (TPSA) is 45.7 Å². The van der Waals surface area contributed by atoms with E-state index in [9.17, 15) is 4.79 Å². The predicted octanol–water partition coefficient (Wildman–Crippen LogP) is 3.66. The summed E-state index contributed by atoms with van der Waals surface area (Å²) in [5.74, 6) is 0.182.